The lowest BCUT2D eigenvalue weighted by Gasteiger charge is -2.04. The molecule has 2 rings (SSSR count). The molecule has 0 bridgehead atoms. The van der Waals surface area contributed by atoms with Gasteiger partial charge in [-0.1, -0.05) is 0 Å². The number of hydrogen-bond donors (Lipinski definition) is 2. The maximum atomic E-state index is 11.9. The highest BCUT2D eigenvalue weighted by Crippen LogP contribution is 2.09. The SMILES string of the molecule is N#Cc1ccc(C(=O)Nc2ccc(C(=O)O)cn2)cc1. The number of benzene rings is 1. The summed E-state index contributed by atoms with van der Waals surface area (Å²) in [6, 6.07) is 10.8. The van der Waals surface area contributed by atoms with E-state index in [0.717, 1.165) is 6.20 Å². The third kappa shape index (κ3) is 2.97. The van der Waals surface area contributed by atoms with Gasteiger partial charge in [0.2, 0.25) is 0 Å². The van der Waals surface area contributed by atoms with Crippen molar-refractivity contribution in [3.05, 3.63) is 59.3 Å². The average molecular weight is 267 g/mol. The van der Waals surface area contributed by atoms with Gasteiger partial charge in [-0.05, 0) is 36.4 Å². The minimum Gasteiger partial charge on any atom is -0.478 e. The maximum absolute atomic E-state index is 11.9. The average Bonchev–Trinajstić information content (AvgIpc) is 2.48. The van der Waals surface area contributed by atoms with Crippen molar-refractivity contribution >= 4 is 17.7 Å². The number of carboxylic acids is 1. The molecule has 0 saturated heterocycles. The molecule has 20 heavy (non-hydrogen) atoms. The third-order valence-electron chi connectivity index (χ3n) is 2.53. The van der Waals surface area contributed by atoms with E-state index in [2.05, 4.69) is 10.3 Å². The Kier molecular flexibility index (Phi) is 3.72. The van der Waals surface area contributed by atoms with Crippen LogP contribution in [0.2, 0.25) is 0 Å². The minimum atomic E-state index is -1.08. The molecule has 0 atom stereocenters. The van der Waals surface area contributed by atoms with E-state index in [1.165, 1.54) is 36.4 Å². The number of pyridine rings is 1. The summed E-state index contributed by atoms with van der Waals surface area (Å²) in [6.45, 7) is 0. The summed E-state index contributed by atoms with van der Waals surface area (Å²) in [6.07, 6.45) is 1.16. The van der Waals surface area contributed by atoms with Crippen molar-refractivity contribution in [3.8, 4) is 6.07 Å². The van der Waals surface area contributed by atoms with Crippen LogP contribution in [0.25, 0.3) is 0 Å². The van der Waals surface area contributed by atoms with Crippen molar-refractivity contribution in [2.24, 2.45) is 0 Å². The van der Waals surface area contributed by atoms with Crippen LogP contribution in [-0.2, 0) is 0 Å². The summed E-state index contributed by atoms with van der Waals surface area (Å²) in [5.41, 5.74) is 0.889. The molecule has 2 N–H and O–H groups in total. The van der Waals surface area contributed by atoms with Gasteiger partial charge in [0.05, 0.1) is 17.2 Å². The Balaban J connectivity index is 2.10. The van der Waals surface area contributed by atoms with Crippen molar-refractivity contribution in [2.45, 2.75) is 0 Å². The molecule has 0 aliphatic rings. The van der Waals surface area contributed by atoms with E-state index in [4.69, 9.17) is 10.4 Å². The summed E-state index contributed by atoms with van der Waals surface area (Å²) in [5, 5.41) is 19.9. The van der Waals surface area contributed by atoms with Crippen LogP contribution in [0.15, 0.2) is 42.6 Å². The quantitative estimate of drug-likeness (QED) is 0.884. The van der Waals surface area contributed by atoms with Gasteiger partial charge in [0.1, 0.15) is 5.82 Å². The Bertz CT molecular complexity index is 685. The predicted molar refractivity (Wildman–Crippen MR) is 70.3 cm³/mol. The molecule has 1 aromatic heterocycles. The fraction of sp³-hybridized carbons (Fsp3) is 0. The normalized spacial score (nSPS) is 9.55. The number of nitrogens with zero attached hydrogens (tertiary/aromatic N) is 2. The lowest BCUT2D eigenvalue weighted by atomic mass is 10.1. The van der Waals surface area contributed by atoms with Gasteiger partial charge in [0, 0.05) is 11.8 Å². The molecule has 0 radical (unpaired) electrons. The van der Waals surface area contributed by atoms with Gasteiger partial charge in [-0.25, -0.2) is 9.78 Å². The highest BCUT2D eigenvalue weighted by atomic mass is 16.4. The van der Waals surface area contributed by atoms with Gasteiger partial charge in [-0.2, -0.15) is 5.26 Å². The smallest absolute Gasteiger partial charge is 0.337 e. The Morgan fingerprint density at radius 3 is 2.25 bits per heavy atom. The first-order valence-corrected chi connectivity index (χ1v) is 5.61. The summed E-state index contributed by atoms with van der Waals surface area (Å²) in [7, 11) is 0. The molecule has 1 amide bonds. The van der Waals surface area contributed by atoms with Crippen molar-refractivity contribution in [1.82, 2.24) is 4.98 Å². The van der Waals surface area contributed by atoms with Gasteiger partial charge < -0.3 is 10.4 Å². The maximum Gasteiger partial charge on any atom is 0.337 e. The largest absolute Gasteiger partial charge is 0.478 e. The number of nitriles is 1. The zero-order valence-corrected chi connectivity index (χ0v) is 10.2. The Hall–Kier alpha value is -3.20. The van der Waals surface area contributed by atoms with Crippen LogP contribution >= 0.6 is 0 Å². The van der Waals surface area contributed by atoms with Crippen LogP contribution in [0, 0.1) is 11.3 Å². The van der Waals surface area contributed by atoms with E-state index in [1.807, 2.05) is 6.07 Å². The lowest BCUT2D eigenvalue weighted by Crippen LogP contribution is -2.13. The van der Waals surface area contributed by atoms with Crippen LogP contribution < -0.4 is 5.32 Å². The van der Waals surface area contributed by atoms with Crippen LogP contribution in [0.1, 0.15) is 26.3 Å². The van der Waals surface area contributed by atoms with Crippen molar-refractivity contribution in [2.75, 3.05) is 5.32 Å². The third-order valence-corrected chi connectivity index (χ3v) is 2.53. The van der Waals surface area contributed by atoms with Gasteiger partial charge in [0.15, 0.2) is 0 Å². The Labute approximate surface area is 114 Å². The summed E-state index contributed by atoms with van der Waals surface area (Å²) in [4.78, 5) is 26.4. The number of aromatic nitrogens is 1. The number of hydrogen-bond acceptors (Lipinski definition) is 4. The molecule has 98 valence electrons. The number of nitrogens with one attached hydrogen (secondary N) is 1. The molecule has 1 heterocycles. The van der Waals surface area contributed by atoms with E-state index >= 15 is 0 Å². The lowest BCUT2D eigenvalue weighted by molar-refractivity contribution is 0.0696. The number of aromatic carboxylic acids is 1. The number of amides is 1. The first-order valence-electron chi connectivity index (χ1n) is 5.61. The first-order chi connectivity index (χ1) is 9.60. The Morgan fingerprint density at radius 2 is 1.75 bits per heavy atom. The minimum absolute atomic E-state index is 0.0429. The molecular formula is C14H9N3O3. The van der Waals surface area contributed by atoms with Crippen molar-refractivity contribution < 1.29 is 14.7 Å². The monoisotopic (exact) mass is 267 g/mol. The second-order valence-electron chi connectivity index (χ2n) is 3.88. The van der Waals surface area contributed by atoms with Crippen molar-refractivity contribution in [1.29, 1.82) is 5.26 Å². The van der Waals surface area contributed by atoms with E-state index in [0.29, 0.717) is 11.1 Å². The van der Waals surface area contributed by atoms with Gasteiger partial charge in [-0.15, -0.1) is 0 Å². The fourth-order valence-electron chi connectivity index (χ4n) is 1.48. The highest BCUT2D eigenvalue weighted by Gasteiger charge is 2.08. The summed E-state index contributed by atoms with van der Waals surface area (Å²) in [5.74, 6) is -1.21. The second-order valence-corrected chi connectivity index (χ2v) is 3.88. The summed E-state index contributed by atoms with van der Waals surface area (Å²) < 4.78 is 0. The van der Waals surface area contributed by atoms with Crippen LogP contribution in [0.5, 0.6) is 0 Å². The highest BCUT2D eigenvalue weighted by molar-refractivity contribution is 6.03. The molecule has 6 nitrogen and oxygen atoms in total. The molecule has 0 aliphatic heterocycles. The number of carbonyl (C=O) groups excluding carboxylic acids is 1. The van der Waals surface area contributed by atoms with Gasteiger partial charge in [-0.3, -0.25) is 4.79 Å². The molecule has 6 heteroatoms. The number of rotatable bonds is 3. The molecule has 0 fully saturated rings. The molecule has 0 unspecified atom stereocenters. The molecular weight excluding hydrogens is 258 g/mol. The van der Waals surface area contributed by atoms with E-state index < -0.39 is 5.97 Å². The van der Waals surface area contributed by atoms with Crippen LogP contribution in [0.3, 0.4) is 0 Å². The van der Waals surface area contributed by atoms with E-state index in [1.54, 1.807) is 0 Å². The number of anilines is 1. The second kappa shape index (κ2) is 5.63. The predicted octanol–water partition coefficient (Wildman–Crippen LogP) is 1.90. The molecule has 0 aliphatic carbocycles. The number of carbonyl (C=O) groups is 2. The Morgan fingerprint density at radius 1 is 1.10 bits per heavy atom. The topological polar surface area (TPSA) is 103 Å². The zero-order chi connectivity index (χ0) is 14.5. The molecule has 0 saturated carbocycles. The van der Waals surface area contributed by atoms with E-state index in [-0.39, 0.29) is 17.3 Å². The zero-order valence-electron chi connectivity index (χ0n) is 10.2. The fourth-order valence-corrected chi connectivity index (χ4v) is 1.48. The van der Waals surface area contributed by atoms with Gasteiger partial charge >= 0.3 is 5.97 Å². The van der Waals surface area contributed by atoms with E-state index in [9.17, 15) is 9.59 Å². The van der Waals surface area contributed by atoms with Crippen LogP contribution in [0.4, 0.5) is 5.82 Å². The molecule has 1 aromatic carbocycles. The molecule has 2 aromatic rings. The van der Waals surface area contributed by atoms with Crippen LogP contribution in [-0.4, -0.2) is 22.0 Å². The first kappa shape index (κ1) is 13.2. The number of carboxylic acid groups (broad SMARTS) is 1. The standard InChI is InChI=1S/C14H9N3O3/c15-7-9-1-3-10(4-2-9)13(18)17-12-6-5-11(8-16-12)14(19)20/h1-6,8H,(H,19,20)(H,16,17,18). The van der Waals surface area contributed by atoms with Gasteiger partial charge in [0.25, 0.3) is 5.91 Å². The van der Waals surface area contributed by atoms with Crippen molar-refractivity contribution in [3.63, 3.8) is 0 Å². The molecule has 0 spiro atoms. The summed E-state index contributed by atoms with van der Waals surface area (Å²) >= 11 is 0.